The van der Waals surface area contributed by atoms with Crippen molar-refractivity contribution in [3.8, 4) is 22.5 Å². The first-order chi connectivity index (χ1) is 39.3. The Labute approximate surface area is 396 Å². The lowest BCUT2D eigenvalue weighted by Crippen LogP contribution is -2.74. The number of nitrogens with zero attached hydrogens (tertiary/aromatic N) is 2. The van der Waals surface area contributed by atoms with E-state index in [9.17, 15) is 16.4 Å². The van der Waals surface area contributed by atoms with Crippen LogP contribution in [0.5, 0.6) is 0 Å². The van der Waals surface area contributed by atoms with Crippen LogP contribution in [-0.2, 0) is 0 Å². The maximum Gasteiger partial charge on any atom is 0.179 e. The summed E-state index contributed by atoms with van der Waals surface area (Å²) in [5, 5.41) is 2.57. The van der Waals surface area contributed by atoms with Gasteiger partial charge in [0, 0.05) is 32.6 Å². The highest BCUT2D eigenvalue weighted by Gasteiger charge is 2.42. The zero-order chi connectivity index (χ0) is 57.9. The van der Waals surface area contributed by atoms with Gasteiger partial charge in [0.15, 0.2) is 13.7 Å². The predicted octanol–water partition coefficient (Wildman–Crippen LogP) is 12.8. The van der Waals surface area contributed by atoms with Gasteiger partial charge in [-0.1, -0.05) is 200 Å². The van der Waals surface area contributed by atoms with Crippen molar-refractivity contribution in [2.45, 2.75) is 0 Å². The molecule has 0 aliphatic rings. The van der Waals surface area contributed by atoms with Crippen LogP contribution in [-0.4, -0.2) is 17.2 Å². The fourth-order valence-corrected chi connectivity index (χ4v) is 13.4. The van der Waals surface area contributed by atoms with Crippen LogP contribution >= 0.6 is 0 Å². The number of fused-ring (bicyclic) bond motifs is 10. The summed E-state index contributed by atoms with van der Waals surface area (Å²) in [7, 11) is -5.60. The van der Waals surface area contributed by atoms with E-state index in [-0.39, 0.29) is 10.9 Å². The fraction of sp³-hybridized carbons (Fsp3) is 0. The summed E-state index contributed by atoms with van der Waals surface area (Å²) in [6.45, 7) is 0. The zero-order valence-corrected chi connectivity index (χ0v) is 34.5. The molecule has 3 aromatic heterocycles. The molecular weight excluding hydrogens is 793 g/mol. The molecule has 13 rings (SSSR count). The minimum Gasteiger partial charge on any atom is -0.454 e. The molecule has 0 amide bonds. The van der Waals surface area contributed by atoms with E-state index in [0.717, 1.165) is 21.8 Å². The maximum absolute atomic E-state index is 10.9. The van der Waals surface area contributed by atoms with Crippen molar-refractivity contribution in [2.75, 3.05) is 0 Å². The van der Waals surface area contributed by atoms with Crippen molar-refractivity contribution >= 4 is 94.4 Å². The molecule has 0 saturated heterocycles. The molecule has 3 heterocycles. The van der Waals surface area contributed by atoms with Crippen LogP contribution in [0.4, 0.5) is 0 Å². The third kappa shape index (κ3) is 5.33. The first-order valence-electron chi connectivity index (χ1n) is 29.5. The molecule has 0 radical (unpaired) electrons. The second-order valence-electron chi connectivity index (χ2n) is 15.4. The SMILES string of the molecule is [2H]c1c([2H])c([2H])c(-c2c([2H])c([2H])c([2H])c([Si](c3ccccc3)(c3c([2H])c([2H])c([2H])c([2H])c3[2H])c3c([2H])c([2H])c([2H])c(-n4c5ccccc5c5cc(-n6c7ccccc7c7ccccc76)c6oc7ccccc7c6c54)c3[2H])c2[2H])c([2H])c1[2H]. The van der Waals surface area contributed by atoms with Gasteiger partial charge in [-0.15, -0.1) is 0 Å². The monoisotopic (exact) mass is 850 g/mol. The largest absolute Gasteiger partial charge is 0.454 e. The molecule has 64 heavy (non-hydrogen) atoms. The topological polar surface area (TPSA) is 23.0 Å². The Morgan fingerprint density at radius 2 is 0.938 bits per heavy atom. The van der Waals surface area contributed by atoms with Gasteiger partial charge in [0.05, 0.1) is 57.8 Å². The minimum atomic E-state index is -5.60. The average Bonchev–Trinajstić information content (AvgIpc) is 1.17. The molecule has 0 aliphatic heterocycles. The second-order valence-corrected chi connectivity index (χ2v) is 19.0. The molecule has 0 aliphatic carbocycles. The third-order valence-corrected chi connectivity index (χ3v) is 16.3. The van der Waals surface area contributed by atoms with E-state index in [4.69, 9.17) is 12.6 Å². The van der Waals surface area contributed by atoms with E-state index >= 15 is 0 Å². The highest BCUT2D eigenvalue weighted by Crippen LogP contribution is 2.45. The molecule has 0 N–H and O–H groups in total. The first-order valence-corrected chi connectivity index (χ1v) is 22.5. The Bertz CT molecular complexity index is 4890. The van der Waals surface area contributed by atoms with E-state index < -0.39 is 144 Å². The number of rotatable bonds is 7. The molecule has 13 aromatic rings. The standard InChI is InChI=1S/C60H40N2OSi/c1-4-20-41(21-5-1)42-22-18-28-46(38-42)64(44-24-6-2-7-25-44,45-26-8-3-9-27-45)47-29-19-23-43(39-47)61-53-34-14-12-32-50(53)52-40-56(60-58(59(52)61)51-33-13-17-37-57(51)63-60)62-54-35-15-10-30-48(54)49-31-11-16-36-55(49)62/h1-40H/i1D,2D,4D,5D,6D,7D,18D,19D,20D,21D,22D,23D,24D,25D,28D,29D,38D,39D. The highest BCUT2D eigenvalue weighted by atomic mass is 28.3. The van der Waals surface area contributed by atoms with Crippen molar-refractivity contribution in [2.24, 2.45) is 0 Å². The van der Waals surface area contributed by atoms with Crippen LogP contribution in [0.25, 0.3) is 88.1 Å². The van der Waals surface area contributed by atoms with Gasteiger partial charge in [0.1, 0.15) is 5.58 Å². The molecule has 0 saturated carbocycles. The smallest absolute Gasteiger partial charge is 0.179 e. The molecule has 1 unspecified atom stereocenters. The normalized spacial score (nSPS) is 16.8. The van der Waals surface area contributed by atoms with Crippen LogP contribution < -0.4 is 20.7 Å². The van der Waals surface area contributed by atoms with E-state index in [1.165, 1.54) is 24.3 Å². The first kappa shape index (κ1) is 22.8. The highest BCUT2D eigenvalue weighted by molar-refractivity contribution is 7.20. The molecule has 0 spiro atoms. The van der Waals surface area contributed by atoms with Crippen molar-refractivity contribution in [1.29, 1.82) is 0 Å². The van der Waals surface area contributed by atoms with Gasteiger partial charge < -0.3 is 13.6 Å². The summed E-state index contributed by atoms with van der Waals surface area (Å²) >= 11 is 0. The fourth-order valence-electron chi connectivity index (χ4n) is 9.50. The summed E-state index contributed by atoms with van der Waals surface area (Å²) in [6.07, 6.45) is 0. The zero-order valence-electron chi connectivity index (χ0n) is 51.5. The summed E-state index contributed by atoms with van der Waals surface area (Å²) in [5.74, 6) is 0. The van der Waals surface area contributed by atoms with Crippen LogP contribution in [0, 0.1) is 0 Å². The summed E-state index contributed by atoms with van der Waals surface area (Å²) < 4.78 is 181. The molecule has 0 fully saturated rings. The van der Waals surface area contributed by atoms with Gasteiger partial charge >= 0.3 is 0 Å². The molecule has 1 atom stereocenters. The van der Waals surface area contributed by atoms with E-state index in [2.05, 4.69) is 4.57 Å². The second kappa shape index (κ2) is 14.5. The average molecular weight is 851 g/mol. The van der Waals surface area contributed by atoms with Gasteiger partial charge in [0.2, 0.25) is 0 Å². The Balaban J connectivity index is 1.27. The molecule has 4 heteroatoms. The Morgan fingerprint density at radius 3 is 1.64 bits per heavy atom. The van der Waals surface area contributed by atoms with Crippen molar-refractivity contribution in [3.05, 3.63) is 242 Å². The van der Waals surface area contributed by atoms with Crippen molar-refractivity contribution < 1.29 is 29.1 Å². The van der Waals surface area contributed by atoms with Crippen LogP contribution in [0.3, 0.4) is 0 Å². The van der Waals surface area contributed by atoms with E-state index in [1.807, 2.05) is 91.0 Å². The Hall–Kier alpha value is -8.18. The molecule has 300 valence electrons. The van der Waals surface area contributed by atoms with E-state index in [1.54, 1.807) is 22.8 Å². The predicted molar refractivity (Wildman–Crippen MR) is 271 cm³/mol. The van der Waals surface area contributed by atoms with E-state index in [0.29, 0.717) is 49.4 Å². The number of furan rings is 1. The van der Waals surface area contributed by atoms with Crippen molar-refractivity contribution in [3.63, 3.8) is 0 Å². The van der Waals surface area contributed by atoms with Gasteiger partial charge in [0.25, 0.3) is 0 Å². The summed E-state index contributed by atoms with van der Waals surface area (Å²) in [5.41, 5.74) is 2.40. The number of aromatic nitrogens is 2. The summed E-state index contributed by atoms with van der Waals surface area (Å²) in [4.78, 5) is 0. The minimum absolute atomic E-state index is 0.0222. The lowest BCUT2D eigenvalue weighted by molar-refractivity contribution is 0.666. The van der Waals surface area contributed by atoms with Gasteiger partial charge in [-0.3, -0.25) is 0 Å². The Kier molecular flexibility index (Phi) is 5.14. The van der Waals surface area contributed by atoms with Crippen LogP contribution in [0.2, 0.25) is 0 Å². The molecule has 10 aromatic carbocycles. The van der Waals surface area contributed by atoms with Gasteiger partial charge in [-0.05, 0) is 74.3 Å². The maximum atomic E-state index is 10.9. The molecular formula is C60H40N2OSi. The summed E-state index contributed by atoms with van der Waals surface area (Å²) in [6, 6.07) is 24.9. The van der Waals surface area contributed by atoms with Gasteiger partial charge in [-0.25, -0.2) is 0 Å². The number of hydrogen-bond donors (Lipinski definition) is 0. The quantitative estimate of drug-likeness (QED) is 0.116. The number of benzene rings is 10. The lowest BCUT2D eigenvalue weighted by Gasteiger charge is -2.35. The molecule has 3 nitrogen and oxygen atoms in total. The van der Waals surface area contributed by atoms with Crippen LogP contribution in [0.15, 0.2) is 247 Å². The Morgan fingerprint density at radius 1 is 0.406 bits per heavy atom. The number of hydrogen-bond acceptors (Lipinski definition) is 1. The van der Waals surface area contributed by atoms with Crippen molar-refractivity contribution in [1.82, 2.24) is 9.13 Å². The van der Waals surface area contributed by atoms with Crippen LogP contribution in [0.1, 0.15) is 24.7 Å². The third-order valence-electron chi connectivity index (χ3n) is 12.1. The lowest BCUT2D eigenvalue weighted by atomic mass is 10.1. The molecule has 0 bridgehead atoms. The van der Waals surface area contributed by atoms with Gasteiger partial charge in [-0.2, -0.15) is 0 Å². The number of para-hydroxylation sites is 4.